The van der Waals surface area contributed by atoms with Gasteiger partial charge in [0.1, 0.15) is 0 Å². The molecule has 0 fully saturated rings. The zero-order valence-electron chi connectivity index (χ0n) is 19.6. The Hall–Kier alpha value is -3.62. The molecule has 164 valence electrons. The topological polar surface area (TPSA) is 4.93 Å². The summed E-state index contributed by atoms with van der Waals surface area (Å²) < 4.78 is 5.21. The number of rotatable bonds is 1. The molecule has 2 heteroatoms. The molecule has 7 rings (SSSR count). The molecule has 2 heterocycles. The predicted octanol–water partition coefficient (Wildman–Crippen LogP) is 9.60. The zero-order chi connectivity index (χ0) is 23.0. The van der Waals surface area contributed by atoms with Crippen LogP contribution in [0.4, 0.5) is 0 Å². The molecule has 0 amide bonds. The van der Waals surface area contributed by atoms with E-state index in [0.29, 0.717) is 0 Å². The summed E-state index contributed by atoms with van der Waals surface area (Å²) in [4.78, 5) is 0. The minimum absolute atomic E-state index is 0.0876. The van der Waals surface area contributed by atoms with E-state index in [-0.39, 0.29) is 5.41 Å². The van der Waals surface area contributed by atoms with Crippen molar-refractivity contribution in [3.63, 3.8) is 0 Å². The molecule has 7 aromatic rings. The summed E-state index contributed by atoms with van der Waals surface area (Å²) in [7, 11) is 0. The van der Waals surface area contributed by atoms with E-state index in [1.165, 1.54) is 64.0 Å². The Kier molecular flexibility index (Phi) is 4.05. The van der Waals surface area contributed by atoms with E-state index in [9.17, 15) is 0 Å². The lowest BCUT2D eigenvalue weighted by Gasteiger charge is -2.19. The summed E-state index contributed by atoms with van der Waals surface area (Å²) in [6.07, 6.45) is 0. The standard InChI is InChI=1S/C32H25NS/c1-32(2,3)20-17-18-26-25(19-20)28-22-13-7-8-14-23(22)31-29(24-15-9-10-16-27(24)34-31)30(28)33(26)21-11-5-4-6-12-21/h4-19H,1-3H3. The summed E-state index contributed by atoms with van der Waals surface area (Å²) in [6, 6.07) is 35.7. The summed E-state index contributed by atoms with van der Waals surface area (Å²) in [5.41, 5.74) is 5.24. The van der Waals surface area contributed by atoms with Crippen molar-refractivity contribution in [3.8, 4) is 5.69 Å². The Balaban J connectivity index is 1.85. The Bertz CT molecular complexity index is 1880. The van der Waals surface area contributed by atoms with Crippen molar-refractivity contribution in [1.82, 2.24) is 4.57 Å². The highest BCUT2D eigenvalue weighted by Gasteiger charge is 2.23. The maximum Gasteiger partial charge on any atom is 0.0640 e. The monoisotopic (exact) mass is 455 g/mol. The van der Waals surface area contributed by atoms with Gasteiger partial charge in [-0.3, -0.25) is 0 Å². The zero-order valence-corrected chi connectivity index (χ0v) is 20.4. The van der Waals surface area contributed by atoms with Gasteiger partial charge in [-0.25, -0.2) is 0 Å². The van der Waals surface area contributed by atoms with Crippen molar-refractivity contribution >= 4 is 64.1 Å². The SMILES string of the molecule is CC(C)(C)c1ccc2c(c1)c1c3ccccc3c3sc4ccccc4c3c1n2-c1ccccc1. The number of hydrogen-bond acceptors (Lipinski definition) is 1. The van der Waals surface area contributed by atoms with Gasteiger partial charge in [-0.1, -0.05) is 87.5 Å². The number of fused-ring (bicyclic) bond motifs is 10. The molecule has 0 aliphatic carbocycles. The van der Waals surface area contributed by atoms with E-state index in [1.54, 1.807) is 0 Å². The lowest BCUT2D eigenvalue weighted by molar-refractivity contribution is 0.591. The highest BCUT2D eigenvalue weighted by molar-refractivity contribution is 7.27. The molecule has 0 spiro atoms. The quantitative estimate of drug-likeness (QED) is 0.232. The molecule has 0 aliphatic rings. The van der Waals surface area contributed by atoms with Crippen LogP contribution in [-0.2, 0) is 5.41 Å². The molecule has 0 bridgehead atoms. The average molecular weight is 456 g/mol. The normalized spacial score (nSPS) is 12.6. The molecule has 0 radical (unpaired) electrons. The number of para-hydroxylation sites is 1. The predicted molar refractivity (Wildman–Crippen MR) is 150 cm³/mol. The molecule has 0 saturated carbocycles. The van der Waals surface area contributed by atoms with Crippen LogP contribution in [0.15, 0.2) is 97.1 Å². The van der Waals surface area contributed by atoms with Crippen LogP contribution < -0.4 is 0 Å². The van der Waals surface area contributed by atoms with E-state index in [0.717, 1.165) is 0 Å². The highest BCUT2D eigenvalue weighted by Crippen LogP contribution is 2.48. The van der Waals surface area contributed by atoms with Gasteiger partial charge >= 0.3 is 0 Å². The van der Waals surface area contributed by atoms with Crippen LogP contribution in [-0.4, -0.2) is 4.57 Å². The van der Waals surface area contributed by atoms with Crippen molar-refractivity contribution in [1.29, 1.82) is 0 Å². The van der Waals surface area contributed by atoms with Crippen LogP contribution >= 0.6 is 11.3 Å². The Labute approximate surface area is 202 Å². The van der Waals surface area contributed by atoms with Gasteiger partial charge in [-0.2, -0.15) is 0 Å². The van der Waals surface area contributed by atoms with Crippen molar-refractivity contribution < 1.29 is 0 Å². The third-order valence-corrected chi connectivity index (χ3v) is 8.33. The summed E-state index contributed by atoms with van der Waals surface area (Å²) in [5.74, 6) is 0. The van der Waals surface area contributed by atoms with Gasteiger partial charge in [0.15, 0.2) is 0 Å². The van der Waals surface area contributed by atoms with Gasteiger partial charge in [0.25, 0.3) is 0 Å². The number of hydrogen-bond donors (Lipinski definition) is 0. The van der Waals surface area contributed by atoms with Crippen LogP contribution in [0.5, 0.6) is 0 Å². The molecule has 0 aliphatic heterocycles. The summed E-state index contributed by atoms with van der Waals surface area (Å²) in [5, 5.41) is 8.08. The van der Waals surface area contributed by atoms with E-state index >= 15 is 0 Å². The van der Waals surface area contributed by atoms with Crippen LogP contribution in [0.1, 0.15) is 26.3 Å². The third kappa shape index (κ3) is 2.66. The molecule has 0 unspecified atom stereocenters. The highest BCUT2D eigenvalue weighted by atomic mass is 32.1. The van der Waals surface area contributed by atoms with Gasteiger partial charge < -0.3 is 4.57 Å². The van der Waals surface area contributed by atoms with Gasteiger partial charge in [0.05, 0.1) is 11.0 Å². The molecular weight excluding hydrogens is 430 g/mol. The van der Waals surface area contributed by atoms with Gasteiger partial charge in [-0.05, 0) is 46.7 Å². The first-order valence-electron chi connectivity index (χ1n) is 11.9. The maximum absolute atomic E-state index is 2.49. The van der Waals surface area contributed by atoms with Crippen LogP contribution in [0.2, 0.25) is 0 Å². The van der Waals surface area contributed by atoms with Crippen molar-refractivity contribution in [3.05, 3.63) is 103 Å². The fraction of sp³-hybridized carbons (Fsp3) is 0.125. The van der Waals surface area contributed by atoms with Crippen LogP contribution in [0.25, 0.3) is 58.4 Å². The van der Waals surface area contributed by atoms with E-state index in [1.807, 2.05) is 11.3 Å². The molecule has 0 N–H and O–H groups in total. The van der Waals surface area contributed by atoms with Crippen molar-refractivity contribution in [2.75, 3.05) is 0 Å². The first kappa shape index (κ1) is 19.8. The molecule has 0 saturated heterocycles. The van der Waals surface area contributed by atoms with Gasteiger partial charge in [-0.15, -0.1) is 11.3 Å². The second-order valence-electron chi connectivity index (χ2n) is 10.2. The van der Waals surface area contributed by atoms with E-state index < -0.39 is 0 Å². The molecular formula is C32H25NS. The Morgan fingerprint density at radius 3 is 2.06 bits per heavy atom. The maximum atomic E-state index is 2.49. The van der Waals surface area contributed by atoms with Crippen molar-refractivity contribution in [2.45, 2.75) is 26.2 Å². The number of aromatic nitrogens is 1. The average Bonchev–Trinajstić information content (AvgIpc) is 3.40. The second kappa shape index (κ2) is 6.94. The Morgan fingerprint density at radius 2 is 1.29 bits per heavy atom. The Morgan fingerprint density at radius 1 is 0.618 bits per heavy atom. The molecule has 0 atom stereocenters. The lowest BCUT2D eigenvalue weighted by atomic mass is 9.86. The number of benzene rings is 5. The van der Waals surface area contributed by atoms with Gasteiger partial charge in [0.2, 0.25) is 0 Å². The van der Waals surface area contributed by atoms with E-state index in [2.05, 4.69) is 122 Å². The smallest absolute Gasteiger partial charge is 0.0640 e. The van der Waals surface area contributed by atoms with Crippen molar-refractivity contribution in [2.24, 2.45) is 0 Å². The number of nitrogens with zero attached hydrogens (tertiary/aromatic N) is 1. The molecule has 5 aromatic carbocycles. The summed E-state index contributed by atoms with van der Waals surface area (Å²) in [6.45, 7) is 6.90. The first-order valence-corrected chi connectivity index (χ1v) is 12.7. The third-order valence-electron chi connectivity index (χ3n) is 7.12. The largest absolute Gasteiger partial charge is 0.309 e. The lowest BCUT2D eigenvalue weighted by Crippen LogP contribution is -2.10. The fourth-order valence-electron chi connectivity index (χ4n) is 5.48. The van der Waals surface area contributed by atoms with Gasteiger partial charge in [0, 0.05) is 42.0 Å². The van der Waals surface area contributed by atoms with E-state index in [4.69, 9.17) is 0 Å². The minimum atomic E-state index is 0.0876. The molecule has 2 aromatic heterocycles. The fourth-order valence-corrected chi connectivity index (χ4v) is 6.72. The number of thiophene rings is 1. The second-order valence-corrected chi connectivity index (χ2v) is 11.3. The minimum Gasteiger partial charge on any atom is -0.309 e. The first-order chi connectivity index (χ1) is 16.5. The molecule has 1 nitrogen and oxygen atoms in total. The summed E-state index contributed by atoms with van der Waals surface area (Å²) >= 11 is 1.91. The molecule has 34 heavy (non-hydrogen) atoms. The van der Waals surface area contributed by atoms with Crippen LogP contribution in [0, 0.1) is 0 Å². The van der Waals surface area contributed by atoms with Crippen LogP contribution in [0.3, 0.4) is 0 Å².